The third-order valence-corrected chi connectivity index (χ3v) is 5.97. The molecule has 0 fully saturated rings. The van der Waals surface area contributed by atoms with Crippen molar-refractivity contribution in [1.29, 1.82) is 0 Å². The number of ether oxygens (including phenoxy) is 1. The van der Waals surface area contributed by atoms with Gasteiger partial charge in [0.1, 0.15) is 22.1 Å². The second-order valence-corrected chi connectivity index (χ2v) is 7.59. The maximum absolute atomic E-state index is 14.6. The first-order valence-electron chi connectivity index (χ1n) is 9.08. The smallest absolute Gasteiger partial charge is 0.319 e. The number of aromatic nitrogens is 3. The lowest BCUT2D eigenvalue weighted by atomic mass is 10.2. The second kappa shape index (κ2) is 7.71. The van der Waals surface area contributed by atoms with Crippen LogP contribution in [0.1, 0.15) is 13.3 Å². The van der Waals surface area contributed by atoms with Crippen molar-refractivity contribution in [2.45, 2.75) is 23.8 Å². The van der Waals surface area contributed by atoms with Gasteiger partial charge in [-0.15, -0.1) is 0 Å². The number of aromatic amines is 1. The van der Waals surface area contributed by atoms with Crippen LogP contribution in [0.2, 0.25) is 0 Å². The predicted molar refractivity (Wildman–Crippen MR) is 111 cm³/mol. The van der Waals surface area contributed by atoms with E-state index in [1.54, 1.807) is 12.1 Å². The van der Waals surface area contributed by atoms with Crippen LogP contribution < -0.4 is 5.56 Å². The van der Waals surface area contributed by atoms with Gasteiger partial charge in [-0.05, 0) is 24.6 Å². The number of rotatable bonds is 5. The van der Waals surface area contributed by atoms with Crippen LogP contribution in [0.15, 0.2) is 58.5 Å². The van der Waals surface area contributed by atoms with Gasteiger partial charge in [-0.3, -0.25) is 14.2 Å². The molecule has 0 aliphatic heterocycles. The molecule has 4 aromatic rings. The molecule has 0 amide bonds. The van der Waals surface area contributed by atoms with Crippen LogP contribution in [0.25, 0.3) is 27.6 Å². The molecular weight excluding hydrogens is 393 g/mol. The topological polar surface area (TPSA) is 77.0 Å². The van der Waals surface area contributed by atoms with Gasteiger partial charge in [0.05, 0.1) is 12.8 Å². The SMILES string of the molecule is CCC(Sc1nc2c([nH]c3ccccc32)c(=O)n1-c1ccccc1F)C(=O)OC. The number of nitrogens with zero attached hydrogens (tertiary/aromatic N) is 2. The number of fused-ring (bicyclic) bond motifs is 3. The number of hydrogen-bond donors (Lipinski definition) is 1. The number of nitrogens with one attached hydrogen (secondary N) is 1. The summed E-state index contributed by atoms with van der Waals surface area (Å²) in [6.07, 6.45) is 0.469. The van der Waals surface area contributed by atoms with Gasteiger partial charge in [-0.2, -0.15) is 0 Å². The molecule has 29 heavy (non-hydrogen) atoms. The molecular formula is C21H18FN3O3S. The fraction of sp³-hybridized carbons (Fsp3) is 0.190. The highest BCUT2D eigenvalue weighted by molar-refractivity contribution is 8.00. The van der Waals surface area contributed by atoms with E-state index < -0.39 is 22.6 Å². The minimum absolute atomic E-state index is 0.0766. The lowest BCUT2D eigenvalue weighted by Crippen LogP contribution is -2.25. The number of carbonyl (C=O) groups is 1. The third-order valence-electron chi connectivity index (χ3n) is 4.67. The molecule has 1 N–H and O–H groups in total. The van der Waals surface area contributed by atoms with E-state index in [9.17, 15) is 14.0 Å². The first kappa shape index (κ1) is 19.2. The number of thioether (sulfide) groups is 1. The molecule has 0 aliphatic carbocycles. The predicted octanol–water partition coefficient (Wildman–Crippen LogP) is 4.05. The summed E-state index contributed by atoms with van der Waals surface area (Å²) in [5.41, 5.74) is 1.17. The summed E-state index contributed by atoms with van der Waals surface area (Å²) >= 11 is 1.09. The molecule has 2 aromatic carbocycles. The van der Waals surface area contributed by atoms with Crippen molar-refractivity contribution in [3.63, 3.8) is 0 Å². The first-order valence-corrected chi connectivity index (χ1v) is 9.96. The summed E-state index contributed by atoms with van der Waals surface area (Å²) < 4.78 is 20.7. The molecule has 0 aliphatic rings. The van der Waals surface area contributed by atoms with Crippen molar-refractivity contribution in [2.24, 2.45) is 0 Å². The van der Waals surface area contributed by atoms with E-state index >= 15 is 0 Å². The van der Waals surface area contributed by atoms with Crippen molar-refractivity contribution in [3.8, 4) is 5.69 Å². The van der Waals surface area contributed by atoms with E-state index in [-0.39, 0.29) is 16.4 Å². The normalized spacial score (nSPS) is 12.4. The minimum atomic E-state index is -0.576. The standard InChI is InChI=1S/C21H18FN3O3S/c1-3-16(20(27)28-2)29-21-24-17-12-8-4-6-10-14(12)23-18(17)19(26)25(21)15-11-7-5-9-13(15)22/h4-11,16,23H,3H2,1-2H3. The molecule has 148 valence electrons. The second-order valence-electron chi connectivity index (χ2n) is 6.42. The van der Waals surface area contributed by atoms with Crippen LogP contribution in [0.3, 0.4) is 0 Å². The zero-order valence-electron chi connectivity index (χ0n) is 15.8. The number of carbonyl (C=O) groups excluding carboxylic acids is 1. The van der Waals surface area contributed by atoms with Crippen molar-refractivity contribution in [1.82, 2.24) is 14.5 Å². The van der Waals surface area contributed by atoms with E-state index in [1.165, 1.54) is 23.8 Å². The Bertz CT molecular complexity index is 1280. The number of halogens is 1. The number of benzene rings is 2. The van der Waals surface area contributed by atoms with Crippen LogP contribution >= 0.6 is 11.8 Å². The number of H-pyrrole nitrogens is 1. The van der Waals surface area contributed by atoms with Gasteiger partial charge < -0.3 is 9.72 Å². The Balaban J connectivity index is 2.04. The van der Waals surface area contributed by atoms with Crippen molar-refractivity contribution in [2.75, 3.05) is 7.11 Å². The molecule has 2 aromatic heterocycles. The highest BCUT2D eigenvalue weighted by Crippen LogP contribution is 2.30. The Hall–Kier alpha value is -3.13. The van der Waals surface area contributed by atoms with Crippen molar-refractivity contribution in [3.05, 3.63) is 64.7 Å². The third kappa shape index (κ3) is 3.29. The van der Waals surface area contributed by atoms with Crippen LogP contribution in [0.5, 0.6) is 0 Å². The van der Waals surface area contributed by atoms with E-state index in [0.717, 1.165) is 22.7 Å². The molecule has 8 heteroatoms. The van der Waals surface area contributed by atoms with Crippen LogP contribution in [0, 0.1) is 5.82 Å². The molecule has 0 radical (unpaired) electrons. The average Bonchev–Trinajstić information content (AvgIpc) is 3.11. The van der Waals surface area contributed by atoms with E-state index in [4.69, 9.17) is 4.74 Å². The van der Waals surface area contributed by atoms with Gasteiger partial charge >= 0.3 is 5.97 Å². The Morgan fingerprint density at radius 2 is 1.97 bits per heavy atom. The van der Waals surface area contributed by atoms with Crippen molar-refractivity contribution < 1.29 is 13.9 Å². The Morgan fingerprint density at radius 3 is 2.69 bits per heavy atom. The first-order chi connectivity index (χ1) is 14.0. The zero-order chi connectivity index (χ0) is 20.5. The van der Waals surface area contributed by atoms with E-state index in [2.05, 4.69) is 9.97 Å². The van der Waals surface area contributed by atoms with Gasteiger partial charge in [-0.1, -0.05) is 49.0 Å². The summed E-state index contributed by atoms with van der Waals surface area (Å²) in [4.78, 5) is 33.3. The molecule has 0 saturated heterocycles. The minimum Gasteiger partial charge on any atom is -0.468 e. The largest absolute Gasteiger partial charge is 0.468 e. The van der Waals surface area contributed by atoms with Crippen LogP contribution in [-0.4, -0.2) is 32.9 Å². The fourth-order valence-electron chi connectivity index (χ4n) is 3.22. The zero-order valence-corrected chi connectivity index (χ0v) is 16.6. The molecule has 4 rings (SSSR count). The maximum atomic E-state index is 14.6. The van der Waals surface area contributed by atoms with Gasteiger partial charge in [0, 0.05) is 10.9 Å². The van der Waals surface area contributed by atoms with Crippen LogP contribution in [0.4, 0.5) is 4.39 Å². The number of hydrogen-bond acceptors (Lipinski definition) is 5. The van der Waals surface area contributed by atoms with Crippen LogP contribution in [-0.2, 0) is 9.53 Å². The molecule has 0 saturated carbocycles. The van der Waals surface area contributed by atoms with Crippen molar-refractivity contribution >= 4 is 39.7 Å². The fourth-order valence-corrected chi connectivity index (χ4v) is 4.27. The summed E-state index contributed by atoms with van der Waals surface area (Å²) in [5.74, 6) is -0.981. The molecule has 1 unspecified atom stereocenters. The van der Waals surface area contributed by atoms with Gasteiger partial charge in [-0.25, -0.2) is 9.37 Å². The molecule has 1 atom stereocenters. The monoisotopic (exact) mass is 411 g/mol. The molecule has 2 heterocycles. The van der Waals surface area contributed by atoms with Gasteiger partial charge in [0.15, 0.2) is 5.16 Å². The molecule has 0 bridgehead atoms. The van der Waals surface area contributed by atoms with Gasteiger partial charge in [0.2, 0.25) is 0 Å². The summed E-state index contributed by atoms with van der Waals surface area (Å²) in [6.45, 7) is 1.84. The Morgan fingerprint density at radius 1 is 1.24 bits per heavy atom. The Labute approximate surface area is 169 Å². The Kier molecular flexibility index (Phi) is 5.10. The van der Waals surface area contributed by atoms with Gasteiger partial charge in [0.25, 0.3) is 5.56 Å². The quantitative estimate of drug-likeness (QED) is 0.305. The van der Waals surface area contributed by atoms with E-state index in [0.29, 0.717) is 11.9 Å². The average molecular weight is 411 g/mol. The number of esters is 1. The van der Waals surface area contributed by atoms with E-state index in [1.807, 2.05) is 31.2 Å². The molecule has 6 nitrogen and oxygen atoms in total. The summed E-state index contributed by atoms with van der Waals surface area (Å²) in [7, 11) is 1.31. The highest BCUT2D eigenvalue weighted by Gasteiger charge is 2.25. The lowest BCUT2D eigenvalue weighted by Gasteiger charge is -2.16. The summed E-state index contributed by atoms with van der Waals surface area (Å²) in [6, 6.07) is 13.4. The number of methoxy groups -OCH3 is 1. The summed E-state index contributed by atoms with van der Waals surface area (Å²) in [5, 5.41) is 0.440. The lowest BCUT2D eigenvalue weighted by molar-refractivity contribution is -0.140. The highest BCUT2D eigenvalue weighted by atomic mass is 32.2. The molecule has 0 spiro atoms. The number of para-hydroxylation sites is 2. The maximum Gasteiger partial charge on any atom is 0.319 e.